The van der Waals surface area contributed by atoms with E-state index in [4.69, 9.17) is 20.3 Å². The molecule has 0 aliphatic heterocycles. The molecular formula is Cl4CoZn. The fourth-order valence-electron chi connectivity index (χ4n) is 0. The zero-order valence-electron chi connectivity index (χ0n) is 2.55. The Bertz CT molecular complexity index is 7.51. The molecule has 0 saturated heterocycles. The molecule has 0 atom stereocenters. The predicted octanol–water partition coefficient (Wildman–Crippen LogP) is -4.62. The zero-order chi connectivity index (χ0) is 2.71. The van der Waals surface area contributed by atoms with E-state index >= 15 is 0 Å². The summed E-state index contributed by atoms with van der Waals surface area (Å²) in [5, 5.41) is 0. The van der Waals surface area contributed by atoms with Crippen LogP contribution in [-0.4, -0.2) is 0 Å². The third-order valence-electron chi connectivity index (χ3n) is 0. The van der Waals surface area contributed by atoms with Crippen LogP contribution in [0.2, 0.25) is 0 Å². The molecule has 0 aromatic rings. The molecule has 0 nitrogen and oxygen atoms in total. The van der Waals surface area contributed by atoms with Gasteiger partial charge in [0.2, 0.25) is 0 Å². The van der Waals surface area contributed by atoms with E-state index in [-0.39, 0.29) is 44.3 Å². The van der Waals surface area contributed by atoms with Crippen LogP contribution in [0.4, 0.5) is 0 Å². The van der Waals surface area contributed by atoms with E-state index in [1.165, 1.54) is 0 Å². The molecule has 0 heterocycles. The van der Waals surface area contributed by atoms with Crippen LogP contribution < -0.4 is 24.8 Å². The maximum absolute atomic E-state index is 4.73. The smallest absolute Gasteiger partial charge is 2.00 e. The molecule has 0 fully saturated rings. The van der Waals surface area contributed by atoms with Crippen LogP contribution >= 0.6 is 20.3 Å². The summed E-state index contributed by atoms with van der Waals surface area (Å²) in [6.07, 6.45) is 0. The number of hydrogen-bond acceptors (Lipinski definition) is 0. The second-order valence-electron chi connectivity index (χ2n) is 0.0476. The summed E-state index contributed by atoms with van der Waals surface area (Å²) >= 11 is 0.382. The van der Waals surface area contributed by atoms with Gasteiger partial charge in [-0.05, 0) is 0 Å². The van der Waals surface area contributed by atoms with E-state index in [1.54, 1.807) is 0 Å². The first-order chi connectivity index (χ1) is 1.41. The number of hydrogen-bond donors (Lipinski definition) is 0. The van der Waals surface area contributed by atoms with E-state index in [0.29, 0.717) is 12.9 Å². The quantitative estimate of drug-likeness (QED) is 0.387. The Balaban J connectivity index is -0.00000000667. The molecule has 0 aliphatic carbocycles. The van der Waals surface area contributed by atoms with Gasteiger partial charge < -0.3 is 24.8 Å². The predicted molar refractivity (Wildman–Crippen MR) is 11.7 cm³/mol. The van der Waals surface area contributed by atoms with Crippen LogP contribution in [0.3, 0.4) is 0 Å². The number of rotatable bonds is 0. The Morgan fingerprint density at radius 1 is 1.00 bits per heavy atom. The summed E-state index contributed by atoms with van der Waals surface area (Å²) in [6, 6.07) is 0. The normalized spacial score (nSPS) is 3.67. The summed E-state index contributed by atoms with van der Waals surface area (Å²) in [7, 11) is 9.47. The molecule has 6 heavy (non-hydrogen) atoms. The molecule has 6 heteroatoms. The van der Waals surface area contributed by atoms with Crippen molar-refractivity contribution in [2.75, 3.05) is 0 Å². The van der Waals surface area contributed by atoms with Crippen molar-refractivity contribution in [3.63, 3.8) is 0 Å². The minimum atomic E-state index is 0. The Morgan fingerprint density at radius 3 is 1.00 bits per heavy atom. The standard InChI is InChI=1S/4ClH.Co.Zn/h4*1H;;/q;;;;2*+2/p-4. The van der Waals surface area contributed by atoms with Gasteiger partial charge in [0.05, 0.1) is 0 Å². The molecule has 0 N–H and O–H groups in total. The van der Waals surface area contributed by atoms with Gasteiger partial charge in [-0.15, -0.1) is 0 Å². The summed E-state index contributed by atoms with van der Waals surface area (Å²) < 4.78 is 0. The van der Waals surface area contributed by atoms with Crippen molar-refractivity contribution in [3.05, 3.63) is 0 Å². The molecule has 0 aromatic carbocycles. The van der Waals surface area contributed by atoms with Crippen molar-refractivity contribution in [1.29, 1.82) is 0 Å². The Kier molecular flexibility index (Phi) is 106. The van der Waals surface area contributed by atoms with Gasteiger partial charge in [0.1, 0.15) is 0 Å². The first-order valence-electron chi connectivity index (χ1n) is 0.252. The average molecular weight is 266 g/mol. The van der Waals surface area contributed by atoms with Crippen molar-refractivity contribution < 1.29 is 57.2 Å². The van der Waals surface area contributed by atoms with Gasteiger partial charge in [-0.2, -0.15) is 0 Å². The SMILES string of the molecule is [Cl-].[Cl-].[Cl][Co][Cl].[Zn+2]. The molecule has 0 amide bonds. The number of halogens is 4. The van der Waals surface area contributed by atoms with Gasteiger partial charge in [0, 0.05) is 0 Å². The van der Waals surface area contributed by atoms with E-state index < -0.39 is 0 Å². The minimum Gasteiger partial charge on any atom is 2.00 e. The summed E-state index contributed by atoms with van der Waals surface area (Å²) in [5.74, 6) is 0. The Morgan fingerprint density at radius 2 is 1.00 bits per heavy atom. The Labute approximate surface area is 76.8 Å². The maximum Gasteiger partial charge on any atom is 2.00 e. The van der Waals surface area contributed by atoms with E-state index in [1.807, 2.05) is 0 Å². The topological polar surface area (TPSA) is 0 Å². The van der Waals surface area contributed by atoms with Gasteiger partial charge in [0.15, 0.2) is 0 Å². The van der Waals surface area contributed by atoms with Crippen molar-refractivity contribution in [3.8, 4) is 0 Å². The van der Waals surface area contributed by atoms with Gasteiger partial charge in [-0.3, -0.25) is 0 Å². The summed E-state index contributed by atoms with van der Waals surface area (Å²) in [6.45, 7) is 0. The van der Waals surface area contributed by atoms with Crippen molar-refractivity contribution in [1.82, 2.24) is 0 Å². The maximum atomic E-state index is 4.73. The second-order valence-corrected chi connectivity index (χ2v) is 1.77. The van der Waals surface area contributed by atoms with Crippen LogP contribution in [0, 0.1) is 0 Å². The van der Waals surface area contributed by atoms with E-state index in [9.17, 15) is 0 Å². The van der Waals surface area contributed by atoms with Gasteiger partial charge >= 0.3 is 52.7 Å². The second kappa shape index (κ2) is 26.6. The first-order valence-corrected chi connectivity index (χ1v) is 3.12. The van der Waals surface area contributed by atoms with Crippen LogP contribution in [-0.2, 0) is 32.4 Å². The molecule has 0 unspecified atom stereocenters. The fourth-order valence-corrected chi connectivity index (χ4v) is 0. The van der Waals surface area contributed by atoms with E-state index in [2.05, 4.69) is 0 Å². The molecule has 0 radical (unpaired) electrons. The summed E-state index contributed by atoms with van der Waals surface area (Å²) in [4.78, 5) is 0. The van der Waals surface area contributed by atoms with Crippen LogP contribution in [0.25, 0.3) is 0 Å². The first kappa shape index (κ1) is 23.9. The molecule has 0 spiro atoms. The third-order valence-corrected chi connectivity index (χ3v) is 0. The van der Waals surface area contributed by atoms with Crippen LogP contribution in [0.15, 0.2) is 0 Å². The molecular weight excluding hydrogens is 266 g/mol. The molecule has 0 rings (SSSR count). The monoisotopic (exact) mass is 263 g/mol. The third kappa shape index (κ3) is 33.6. The molecule has 0 bridgehead atoms. The fraction of sp³-hybridized carbons (Fsp3) is 0. The Hall–Kier alpha value is 2.29. The van der Waals surface area contributed by atoms with Crippen molar-refractivity contribution in [2.45, 2.75) is 0 Å². The largest absolute Gasteiger partial charge is 2.00 e. The van der Waals surface area contributed by atoms with Gasteiger partial charge in [-0.25, -0.2) is 0 Å². The average Bonchev–Trinajstić information content (AvgIpc) is 0.918. The van der Waals surface area contributed by atoms with Crippen LogP contribution in [0.5, 0.6) is 0 Å². The van der Waals surface area contributed by atoms with Gasteiger partial charge in [0.25, 0.3) is 0 Å². The van der Waals surface area contributed by atoms with Crippen LogP contribution in [0.1, 0.15) is 0 Å². The molecule has 0 aromatic heterocycles. The molecule has 0 aliphatic rings. The molecule has 0 saturated carbocycles. The van der Waals surface area contributed by atoms with Crippen molar-refractivity contribution in [2.24, 2.45) is 0 Å². The van der Waals surface area contributed by atoms with Crippen molar-refractivity contribution >= 4 is 20.3 Å². The molecule has 39 valence electrons. The summed E-state index contributed by atoms with van der Waals surface area (Å²) in [5.41, 5.74) is 0. The zero-order valence-corrected chi connectivity index (χ0v) is 9.58. The minimum absolute atomic E-state index is 0. The van der Waals surface area contributed by atoms with Gasteiger partial charge in [-0.1, -0.05) is 0 Å². The van der Waals surface area contributed by atoms with E-state index in [0.717, 1.165) is 0 Å².